The molecule has 4 nitrogen and oxygen atoms in total. The molecule has 0 aromatic carbocycles. The number of unbranched alkanes of at least 4 members (excludes halogenated alkanes) is 7. The van der Waals surface area contributed by atoms with Crippen LogP contribution in [0.2, 0.25) is 0 Å². The lowest BCUT2D eigenvalue weighted by Gasteiger charge is -2.28. The minimum absolute atomic E-state index is 0.0204. The largest absolute Gasteiger partial charge is 0.465 e. The molecule has 0 radical (unpaired) electrons. The maximum atomic E-state index is 12.3. The van der Waals surface area contributed by atoms with Crippen molar-refractivity contribution in [3.05, 3.63) is 0 Å². The molecule has 4 heteroatoms. The number of hydrogen-bond donors (Lipinski definition) is 0. The summed E-state index contributed by atoms with van der Waals surface area (Å²) in [4.78, 5) is 12.3. The fraction of sp³-hybridized carbons (Fsp3) is 0.960. The lowest BCUT2D eigenvalue weighted by molar-refractivity contribution is -0.151. The Balaban J connectivity index is 1.40. The standard InChI is InChI=1S/C25H46O4/c1-2-3-4-5-6-7-8-12-19-29-25(26)22-15-17-24(18-16-22)28-21-20-27-23-13-10-9-11-14-23/h22-24H,2-21H2,1H3. The van der Waals surface area contributed by atoms with Gasteiger partial charge in [-0.05, 0) is 44.9 Å². The molecular weight excluding hydrogens is 364 g/mol. The van der Waals surface area contributed by atoms with Crippen LogP contribution in [0, 0.1) is 5.92 Å². The zero-order valence-electron chi connectivity index (χ0n) is 19.0. The third kappa shape index (κ3) is 11.4. The summed E-state index contributed by atoms with van der Waals surface area (Å²) in [7, 11) is 0. The summed E-state index contributed by atoms with van der Waals surface area (Å²) in [5.41, 5.74) is 0. The summed E-state index contributed by atoms with van der Waals surface area (Å²) in [6.07, 6.45) is 21.1. The molecule has 0 atom stereocenters. The molecule has 2 fully saturated rings. The summed E-state index contributed by atoms with van der Waals surface area (Å²) >= 11 is 0. The molecule has 0 aromatic heterocycles. The van der Waals surface area contributed by atoms with Crippen molar-refractivity contribution in [1.29, 1.82) is 0 Å². The Labute approximate surface area is 179 Å². The summed E-state index contributed by atoms with van der Waals surface area (Å²) in [5.74, 6) is 0.106. The van der Waals surface area contributed by atoms with Gasteiger partial charge in [-0.15, -0.1) is 0 Å². The van der Waals surface area contributed by atoms with Gasteiger partial charge in [-0.1, -0.05) is 71.1 Å². The Morgan fingerprint density at radius 2 is 1.21 bits per heavy atom. The van der Waals surface area contributed by atoms with E-state index in [1.807, 2.05) is 0 Å². The van der Waals surface area contributed by atoms with E-state index in [1.54, 1.807) is 0 Å². The van der Waals surface area contributed by atoms with Crippen LogP contribution >= 0.6 is 0 Å². The Morgan fingerprint density at radius 3 is 1.83 bits per heavy atom. The molecule has 170 valence electrons. The highest BCUT2D eigenvalue weighted by atomic mass is 16.5. The van der Waals surface area contributed by atoms with Gasteiger partial charge < -0.3 is 14.2 Å². The molecule has 0 N–H and O–H groups in total. The first-order valence-corrected chi connectivity index (χ1v) is 12.7. The Hall–Kier alpha value is -0.610. The molecule has 2 rings (SSSR count). The van der Waals surface area contributed by atoms with Gasteiger partial charge in [0.15, 0.2) is 0 Å². The normalized spacial score (nSPS) is 23.2. The third-order valence-electron chi connectivity index (χ3n) is 6.59. The van der Waals surface area contributed by atoms with Crippen LogP contribution in [0.25, 0.3) is 0 Å². The first-order chi connectivity index (χ1) is 14.3. The zero-order valence-corrected chi connectivity index (χ0v) is 19.0. The van der Waals surface area contributed by atoms with E-state index < -0.39 is 0 Å². The summed E-state index contributed by atoms with van der Waals surface area (Å²) in [5, 5.41) is 0. The van der Waals surface area contributed by atoms with E-state index in [9.17, 15) is 4.79 Å². The van der Waals surface area contributed by atoms with E-state index in [-0.39, 0.29) is 11.9 Å². The average Bonchev–Trinajstić information content (AvgIpc) is 2.76. The minimum Gasteiger partial charge on any atom is -0.465 e. The molecule has 0 spiro atoms. The van der Waals surface area contributed by atoms with Crippen LogP contribution in [0.1, 0.15) is 116 Å². The van der Waals surface area contributed by atoms with Gasteiger partial charge in [-0.3, -0.25) is 4.79 Å². The molecule has 0 amide bonds. The minimum atomic E-state index is 0.0204. The molecule has 0 saturated heterocycles. The number of carbonyl (C=O) groups excluding carboxylic acids is 1. The van der Waals surface area contributed by atoms with Crippen LogP contribution in [0.5, 0.6) is 0 Å². The van der Waals surface area contributed by atoms with Crippen LogP contribution in [0.15, 0.2) is 0 Å². The van der Waals surface area contributed by atoms with Crippen molar-refractivity contribution in [2.75, 3.05) is 19.8 Å². The van der Waals surface area contributed by atoms with Crippen LogP contribution in [0.4, 0.5) is 0 Å². The average molecular weight is 411 g/mol. The molecular formula is C25H46O4. The number of hydrogen-bond acceptors (Lipinski definition) is 4. The lowest BCUT2D eigenvalue weighted by atomic mass is 9.87. The maximum absolute atomic E-state index is 12.3. The number of rotatable bonds is 15. The molecule has 2 aliphatic carbocycles. The first-order valence-electron chi connectivity index (χ1n) is 12.7. The topological polar surface area (TPSA) is 44.8 Å². The Bertz CT molecular complexity index is 398. The van der Waals surface area contributed by atoms with Crippen LogP contribution in [-0.2, 0) is 19.0 Å². The zero-order chi connectivity index (χ0) is 20.6. The fourth-order valence-electron chi connectivity index (χ4n) is 4.65. The van der Waals surface area contributed by atoms with E-state index >= 15 is 0 Å². The van der Waals surface area contributed by atoms with E-state index in [4.69, 9.17) is 14.2 Å². The highest BCUT2D eigenvalue weighted by Gasteiger charge is 2.27. The third-order valence-corrected chi connectivity index (χ3v) is 6.59. The van der Waals surface area contributed by atoms with Crippen molar-refractivity contribution in [2.45, 2.75) is 128 Å². The Morgan fingerprint density at radius 1 is 0.655 bits per heavy atom. The molecule has 2 saturated carbocycles. The van der Waals surface area contributed by atoms with Crippen LogP contribution in [-0.4, -0.2) is 38.0 Å². The lowest BCUT2D eigenvalue weighted by Crippen LogP contribution is -2.29. The van der Waals surface area contributed by atoms with Crippen molar-refractivity contribution in [1.82, 2.24) is 0 Å². The fourth-order valence-corrected chi connectivity index (χ4v) is 4.65. The van der Waals surface area contributed by atoms with E-state index in [0.29, 0.717) is 32.0 Å². The van der Waals surface area contributed by atoms with Crippen LogP contribution < -0.4 is 0 Å². The maximum Gasteiger partial charge on any atom is 0.308 e. The van der Waals surface area contributed by atoms with Gasteiger partial charge in [0, 0.05) is 0 Å². The van der Waals surface area contributed by atoms with Crippen molar-refractivity contribution >= 4 is 5.97 Å². The summed E-state index contributed by atoms with van der Waals surface area (Å²) < 4.78 is 17.4. The second kappa shape index (κ2) is 16.1. The molecule has 0 aromatic rings. The van der Waals surface area contributed by atoms with E-state index in [2.05, 4.69) is 6.92 Å². The number of carbonyl (C=O) groups is 1. The van der Waals surface area contributed by atoms with Crippen molar-refractivity contribution in [3.63, 3.8) is 0 Å². The molecule has 0 heterocycles. The summed E-state index contributed by atoms with van der Waals surface area (Å²) in [6.45, 7) is 4.25. The van der Waals surface area contributed by atoms with Gasteiger partial charge in [0.2, 0.25) is 0 Å². The predicted octanol–water partition coefficient (Wildman–Crippen LogP) is 6.60. The Kier molecular flexibility index (Phi) is 13.7. The molecule has 29 heavy (non-hydrogen) atoms. The van der Waals surface area contributed by atoms with Crippen molar-refractivity contribution in [2.24, 2.45) is 5.92 Å². The highest BCUT2D eigenvalue weighted by molar-refractivity contribution is 5.72. The van der Waals surface area contributed by atoms with E-state index in [0.717, 1.165) is 32.1 Å². The number of esters is 1. The second-order valence-electron chi connectivity index (χ2n) is 9.12. The predicted molar refractivity (Wildman–Crippen MR) is 118 cm³/mol. The second-order valence-corrected chi connectivity index (χ2v) is 9.12. The first kappa shape index (κ1) is 24.7. The SMILES string of the molecule is CCCCCCCCCCOC(=O)C1CCC(OCCOC2CCCCC2)CC1. The van der Waals surface area contributed by atoms with Crippen LogP contribution in [0.3, 0.4) is 0 Å². The van der Waals surface area contributed by atoms with Gasteiger partial charge in [-0.2, -0.15) is 0 Å². The van der Waals surface area contributed by atoms with Gasteiger partial charge in [0.25, 0.3) is 0 Å². The van der Waals surface area contributed by atoms with E-state index in [1.165, 1.54) is 77.0 Å². The molecule has 0 unspecified atom stereocenters. The van der Waals surface area contributed by atoms with Crippen molar-refractivity contribution in [3.8, 4) is 0 Å². The summed E-state index contributed by atoms with van der Waals surface area (Å²) in [6, 6.07) is 0. The molecule has 2 aliphatic rings. The number of ether oxygens (including phenoxy) is 3. The molecule has 0 bridgehead atoms. The monoisotopic (exact) mass is 410 g/mol. The highest BCUT2D eigenvalue weighted by Crippen LogP contribution is 2.27. The van der Waals surface area contributed by atoms with Gasteiger partial charge in [-0.25, -0.2) is 0 Å². The van der Waals surface area contributed by atoms with Gasteiger partial charge >= 0.3 is 5.97 Å². The smallest absolute Gasteiger partial charge is 0.308 e. The quantitative estimate of drug-likeness (QED) is 0.225. The molecule has 0 aliphatic heterocycles. The van der Waals surface area contributed by atoms with Crippen molar-refractivity contribution < 1.29 is 19.0 Å². The van der Waals surface area contributed by atoms with Gasteiger partial charge in [0.1, 0.15) is 0 Å². The van der Waals surface area contributed by atoms with Gasteiger partial charge in [0.05, 0.1) is 37.9 Å².